The van der Waals surface area contributed by atoms with Gasteiger partial charge in [0.15, 0.2) is 0 Å². The number of amides is 1. The molecule has 2 aromatic rings. The Morgan fingerprint density at radius 2 is 1.50 bits per heavy atom. The van der Waals surface area contributed by atoms with Crippen molar-refractivity contribution in [2.24, 2.45) is 5.92 Å². The largest absolute Gasteiger partial charge is 0.416 e. The Bertz CT molecular complexity index is 1010. The van der Waals surface area contributed by atoms with Crippen molar-refractivity contribution < 1.29 is 31.1 Å². The zero-order valence-corrected chi connectivity index (χ0v) is 17.3. The van der Waals surface area contributed by atoms with Gasteiger partial charge in [0.05, 0.1) is 11.1 Å². The van der Waals surface area contributed by atoms with Crippen LogP contribution in [0, 0.1) is 12.8 Å². The third kappa shape index (κ3) is 4.56. The van der Waals surface area contributed by atoms with Crippen LogP contribution in [0.4, 0.5) is 32.0 Å². The molecule has 1 saturated carbocycles. The Morgan fingerprint density at radius 3 is 2.12 bits per heavy atom. The third-order valence-corrected chi connectivity index (χ3v) is 6.22. The highest BCUT2D eigenvalue weighted by Gasteiger charge is 2.46. The molecule has 0 spiro atoms. The molecule has 1 amide bonds. The molecule has 0 radical (unpaired) electrons. The Balaban J connectivity index is 1.38. The summed E-state index contributed by atoms with van der Waals surface area (Å²) in [4.78, 5) is 16.4. The summed E-state index contributed by atoms with van der Waals surface area (Å²) in [6, 6.07) is 8.72. The van der Waals surface area contributed by atoms with Crippen LogP contribution in [0.3, 0.4) is 0 Å². The van der Waals surface area contributed by atoms with Gasteiger partial charge in [0.25, 0.3) is 0 Å². The average molecular weight is 456 g/mol. The van der Waals surface area contributed by atoms with Gasteiger partial charge in [0, 0.05) is 37.8 Å². The first-order valence-corrected chi connectivity index (χ1v) is 10.3. The van der Waals surface area contributed by atoms with Gasteiger partial charge in [-0.2, -0.15) is 26.3 Å². The van der Waals surface area contributed by atoms with Crippen LogP contribution in [-0.4, -0.2) is 37.0 Å². The normalized spacial score (nSPS) is 21.6. The predicted octanol–water partition coefficient (Wildman–Crippen LogP) is 5.48. The molecule has 2 fully saturated rings. The second kappa shape index (κ2) is 8.01. The fourth-order valence-electron chi connectivity index (χ4n) is 4.31. The molecule has 3 nitrogen and oxygen atoms in total. The summed E-state index contributed by atoms with van der Waals surface area (Å²) in [6.45, 7) is 3.27. The van der Waals surface area contributed by atoms with E-state index in [9.17, 15) is 31.1 Å². The van der Waals surface area contributed by atoms with E-state index in [0.717, 1.165) is 29.8 Å². The maximum absolute atomic E-state index is 13.1. The minimum absolute atomic E-state index is 0.104. The number of nitrogens with zero attached hydrogens (tertiary/aromatic N) is 2. The summed E-state index contributed by atoms with van der Waals surface area (Å²) in [5, 5.41) is 0. The van der Waals surface area contributed by atoms with Crippen LogP contribution < -0.4 is 4.90 Å². The number of hydrogen-bond donors (Lipinski definition) is 0. The van der Waals surface area contributed by atoms with E-state index in [0.29, 0.717) is 43.9 Å². The molecule has 0 aromatic heterocycles. The maximum atomic E-state index is 13.1. The van der Waals surface area contributed by atoms with Gasteiger partial charge >= 0.3 is 12.4 Å². The smallest absolute Gasteiger partial charge is 0.368 e. The van der Waals surface area contributed by atoms with Crippen LogP contribution in [0.5, 0.6) is 0 Å². The number of rotatable bonds is 3. The Morgan fingerprint density at radius 1 is 0.875 bits per heavy atom. The molecule has 9 heteroatoms. The summed E-state index contributed by atoms with van der Waals surface area (Å²) >= 11 is 0. The van der Waals surface area contributed by atoms with E-state index in [4.69, 9.17) is 0 Å². The molecule has 0 N–H and O–H groups in total. The molecular formula is C23H22F6N2O. The molecule has 32 heavy (non-hydrogen) atoms. The summed E-state index contributed by atoms with van der Waals surface area (Å²) in [6.07, 6.45) is -8.35. The van der Waals surface area contributed by atoms with E-state index in [1.165, 1.54) is 12.1 Å². The van der Waals surface area contributed by atoms with E-state index in [-0.39, 0.29) is 17.7 Å². The first kappa shape index (κ1) is 22.5. The van der Waals surface area contributed by atoms with Crippen LogP contribution in [0.2, 0.25) is 0 Å². The van der Waals surface area contributed by atoms with Gasteiger partial charge in [-0.05, 0) is 48.6 Å². The van der Waals surface area contributed by atoms with Crippen molar-refractivity contribution in [3.63, 3.8) is 0 Å². The van der Waals surface area contributed by atoms with Crippen molar-refractivity contribution in [2.45, 2.75) is 31.6 Å². The molecule has 2 aliphatic rings. The summed E-state index contributed by atoms with van der Waals surface area (Å²) in [5.41, 5.74) is 0.304. The standard InChI is InChI=1S/C23H22F6N2O/c1-14-5-6-17(23(27,28)29)12-20(14)30-7-9-31(10-8-30)21(32)19-13-18(19)15-3-2-4-16(11-15)22(24,25)26/h2-6,11-12,18-19H,7-10,13H2,1H3. The average Bonchev–Trinajstić information content (AvgIpc) is 3.53. The van der Waals surface area contributed by atoms with Crippen molar-refractivity contribution in [3.05, 3.63) is 64.7 Å². The highest BCUT2D eigenvalue weighted by Crippen LogP contribution is 2.49. The Kier molecular flexibility index (Phi) is 5.63. The number of piperazine rings is 1. The quantitative estimate of drug-likeness (QED) is 0.571. The SMILES string of the molecule is Cc1ccc(C(F)(F)F)cc1N1CCN(C(=O)C2CC2c2cccc(C(F)(F)F)c2)CC1. The molecule has 1 aliphatic heterocycles. The summed E-state index contributed by atoms with van der Waals surface area (Å²) in [7, 11) is 0. The van der Waals surface area contributed by atoms with Crippen molar-refractivity contribution in [1.29, 1.82) is 0 Å². The Labute approximate surface area is 181 Å². The number of hydrogen-bond acceptors (Lipinski definition) is 2. The number of aryl methyl sites for hydroxylation is 1. The maximum Gasteiger partial charge on any atom is 0.416 e. The van der Waals surface area contributed by atoms with E-state index >= 15 is 0 Å². The van der Waals surface area contributed by atoms with Crippen molar-refractivity contribution in [3.8, 4) is 0 Å². The first-order valence-electron chi connectivity index (χ1n) is 10.3. The van der Waals surface area contributed by atoms with Crippen LogP contribution in [-0.2, 0) is 17.1 Å². The molecule has 2 unspecified atom stereocenters. The number of carbonyl (C=O) groups excluding carboxylic acids is 1. The molecule has 1 aliphatic carbocycles. The minimum Gasteiger partial charge on any atom is -0.368 e. The molecule has 2 atom stereocenters. The molecular weight excluding hydrogens is 434 g/mol. The van der Waals surface area contributed by atoms with Crippen LogP contribution in [0.25, 0.3) is 0 Å². The second-order valence-corrected chi connectivity index (χ2v) is 8.38. The van der Waals surface area contributed by atoms with Crippen LogP contribution in [0.1, 0.15) is 34.6 Å². The highest BCUT2D eigenvalue weighted by molar-refractivity contribution is 5.83. The van der Waals surface area contributed by atoms with Crippen molar-refractivity contribution >= 4 is 11.6 Å². The number of alkyl halides is 6. The Hall–Kier alpha value is -2.71. The van der Waals surface area contributed by atoms with Crippen molar-refractivity contribution in [1.82, 2.24) is 4.90 Å². The molecule has 0 bridgehead atoms. The molecule has 172 valence electrons. The lowest BCUT2D eigenvalue weighted by Crippen LogP contribution is -2.49. The lowest BCUT2D eigenvalue weighted by Gasteiger charge is -2.37. The summed E-state index contributed by atoms with van der Waals surface area (Å²) < 4.78 is 78.0. The first-order chi connectivity index (χ1) is 14.9. The van der Waals surface area contributed by atoms with Gasteiger partial charge in [0.1, 0.15) is 0 Å². The summed E-state index contributed by atoms with van der Waals surface area (Å²) in [5.74, 6) is -0.679. The van der Waals surface area contributed by atoms with Crippen LogP contribution >= 0.6 is 0 Å². The zero-order chi connectivity index (χ0) is 23.3. The van der Waals surface area contributed by atoms with Crippen LogP contribution in [0.15, 0.2) is 42.5 Å². The van der Waals surface area contributed by atoms with E-state index < -0.39 is 23.5 Å². The van der Waals surface area contributed by atoms with Gasteiger partial charge in [0.2, 0.25) is 5.91 Å². The number of benzene rings is 2. The third-order valence-electron chi connectivity index (χ3n) is 6.22. The fourth-order valence-corrected chi connectivity index (χ4v) is 4.31. The van der Waals surface area contributed by atoms with Gasteiger partial charge in [-0.25, -0.2) is 0 Å². The fraction of sp³-hybridized carbons (Fsp3) is 0.435. The zero-order valence-electron chi connectivity index (χ0n) is 17.3. The van der Waals surface area contributed by atoms with E-state index in [2.05, 4.69) is 0 Å². The second-order valence-electron chi connectivity index (χ2n) is 8.38. The lowest BCUT2D eigenvalue weighted by molar-refractivity contribution is -0.138. The van der Waals surface area contributed by atoms with Gasteiger partial charge < -0.3 is 9.80 Å². The predicted molar refractivity (Wildman–Crippen MR) is 107 cm³/mol. The molecule has 1 saturated heterocycles. The topological polar surface area (TPSA) is 23.6 Å². The van der Waals surface area contributed by atoms with E-state index in [1.807, 2.05) is 4.90 Å². The molecule has 2 aromatic carbocycles. The number of halogens is 6. The number of anilines is 1. The molecule has 4 rings (SSSR count). The van der Waals surface area contributed by atoms with Crippen molar-refractivity contribution in [2.75, 3.05) is 31.1 Å². The number of carbonyl (C=O) groups is 1. The van der Waals surface area contributed by atoms with Gasteiger partial charge in [-0.1, -0.05) is 24.3 Å². The minimum atomic E-state index is -4.43. The highest BCUT2D eigenvalue weighted by atomic mass is 19.4. The monoisotopic (exact) mass is 456 g/mol. The lowest BCUT2D eigenvalue weighted by atomic mass is 10.0. The molecule has 1 heterocycles. The van der Waals surface area contributed by atoms with E-state index in [1.54, 1.807) is 17.9 Å². The van der Waals surface area contributed by atoms with Gasteiger partial charge in [-0.15, -0.1) is 0 Å². The van der Waals surface area contributed by atoms with Gasteiger partial charge in [-0.3, -0.25) is 4.79 Å².